The molecule has 0 saturated carbocycles. The van der Waals surface area contributed by atoms with Gasteiger partial charge in [-0.05, 0) is 51.4 Å². The maximum absolute atomic E-state index is 10.5. The molecular weight excluding hydrogens is 330 g/mol. The van der Waals surface area contributed by atoms with Crippen molar-refractivity contribution >= 4 is 16.6 Å². The minimum atomic E-state index is 0.280. The monoisotopic (exact) mass is 355 g/mol. The highest BCUT2D eigenvalue weighted by Crippen LogP contribution is 2.37. The number of rotatable bonds is 6. The summed E-state index contributed by atoms with van der Waals surface area (Å²) in [4.78, 5) is 7.22. The first-order chi connectivity index (χ1) is 12.5. The van der Waals surface area contributed by atoms with Gasteiger partial charge < -0.3 is 19.3 Å². The molecule has 1 heterocycles. The Bertz CT molecular complexity index is 914. The lowest BCUT2D eigenvalue weighted by Crippen LogP contribution is -2.10. The molecule has 6 heteroatoms. The predicted octanol–water partition coefficient (Wildman–Crippen LogP) is 3.69. The maximum Gasteiger partial charge on any atom is 0.122 e. The number of hydrogen-bond donors (Lipinski definition) is 2. The quantitative estimate of drug-likeness (QED) is 0.661. The summed E-state index contributed by atoms with van der Waals surface area (Å²) in [7, 11) is 7.20. The molecular formula is C20H25N3O3. The van der Waals surface area contributed by atoms with E-state index in [-0.39, 0.29) is 5.75 Å². The van der Waals surface area contributed by atoms with E-state index in [0.717, 1.165) is 39.3 Å². The molecule has 2 N–H and O–H groups in total. The number of methoxy groups -OCH3 is 1. The predicted molar refractivity (Wildman–Crippen MR) is 104 cm³/mol. The Labute approximate surface area is 153 Å². The smallest absolute Gasteiger partial charge is 0.122 e. The normalized spacial score (nSPS) is 11.3. The average molecular weight is 355 g/mol. The van der Waals surface area contributed by atoms with E-state index in [4.69, 9.17) is 9.57 Å². The van der Waals surface area contributed by atoms with Gasteiger partial charge in [-0.25, -0.2) is 0 Å². The van der Waals surface area contributed by atoms with Crippen molar-refractivity contribution in [1.82, 2.24) is 9.47 Å². The number of phenolic OH excluding ortho intramolecular Hbond substituents is 1. The molecule has 0 unspecified atom stereocenters. The van der Waals surface area contributed by atoms with Crippen molar-refractivity contribution in [3.63, 3.8) is 0 Å². The zero-order valence-electron chi connectivity index (χ0n) is 15.8. The Hall–Kier alpha value is -2.70. The number of aromatic hydroxyl groups is 1. The molecule has 0 spiro atoms. The van der Waals surface area contributed by atoms with E-state index >= 15 is 0 Å². The van der Waals surface area contributed by atoms with Crippen LogP contribution in [0.15, 0.2) is 36.4 Å². The van der Waals surface area contributed by atoms with Gasteiger partial charge in [0.25, 0.3) is 0 Å². The van der Waals surface area contributed by atoms with E-state index in [1.807, 2.05) is 62.3 Å². The van der Waals surface area contributed by atoms with Gasteiger partial charge in [0, 0.05) is 34.9 Å². The van der Waals surface area contributed by atoms with E-state index in [0.29, 0.717) is 6.54 Å². The third kappa shape index (κ3) is 3.21. The highest BCUT2D eigenvalue weighted by molar-refractivity contribution is 5.97. The Morgan fingerprint density at radius 2 is 1.81 bits per heavy atom. The van der Waals surface area contributed by atoms with Crippen molar-refractivity contribution in [3.8, 4) is 17.2 Å². The van der Waals surface area contributed by atoms with Crippen molar-refractivity contribution in [3.05, 3.63) is 47.7 Å². The highest BCUT2D eigenvalue weighted by Gasteiger charge is 2.18. The van der Waals surface area contributed by atoms with Crippen LogP contribution >= 0.6 is 0 Å². The van der Waals surface area contributed by atoms with Crippen LogP contribution in [0.2, 0.25) is 0 Å². The van der Waals surface area contributed by atoms with Crippen molar-refractivity contribution in [2.45, 2.75) is 13.5 Å². The number of anilines is 1. The van der Waals surface area contributed by atoms with E-state index in [1.54, 1.807) is 14.2 Å². The van der Waals surface area contributed by atoms with Crippen LogP contribution in [0.25, 0.3) is 16.6 Å². The van der Waals surface area contributed by atoms with Gasteiger partial charge in [0.1, 0.15) is 11.5 Å². The summed E-state index contributed by atoms with van der Waals surface area (Å²) in [5.41, 5.74) is 7.63. The molecule has 0 bridgehead atoms. The van der Waals surface area contributed by atoms with Gasteiger partial charge in [-0.15, -0.1) is 0 Å². The van der Waals surface area contributed by atoms with Gasteiger partial charge in [0.15, 0.2) is 0 Å². The number of hydrogen-bond acceptors (Lipinski definition) is 5. The molecule has 6 nitrogen and oxygen atoms in total. The Morgan fingerprint density at radius 3 is 2.38 bits per heavy atom. The first-order valence-electron chi connectivity index (χ1n) is 8.41. The Balaban J connectivity index is 2.24. The van der Waals surface area contributed by atoms with Crippen LogP contribution in [0.5, 0.6) is 11.5 Å². The van der Waals surface area contributed by atoms with Crippen LogP contribution in [0.3, 0.4) is 0 Å². The molecule has 0 saturated heterocycles. The fraction of sp³-hybridized carbons (Fsp3) is 0.300. The first kappa shape index (κ1) is 18.1. The van der Waals surface area contributed by atoms with Crippen molar-refractivity contribution in [2.75, 3.05) is 33.8 Å². The molecule has 26 heavy (non-hydrogen) atoms. The van der Waals surface area contributed by atoms with E-state index < -0.39 is 0 Å². The van der Waals surface area contributed by atoms with Gasteiger partial charge in [-0.3, -0.25) is 10.3 Å². The molecule has 0 amide bonds. The number of ether oxygens (including phenoxy) is 1. The van der Waals surface area contributed by atoms with Crippen LogP contribution in [-0.4, -0.2) is 42.9 Å². The minimum Gasteiger partial charge on any atom is -0.508 e. The van der Waals surface area contributed by atoms with Crippen molar-refractivity contribution < 1.29 is 14.7 Å². The molecule has 3 rings (SSSR count). The van der Waals surface area contributed by atoms with Crippen LogP contribution in [0, 0.1) is 6.92 Å². The number of nitrogens with one attached hydrogen (secondary N) is 1. The average Bonchev–Trinajstić information content (AvgIpc) is 2.87. The SMILES string of the molecule is CONc1c(C)n(-c2ccc(OC)cc2)c2cc(O)c(CN(C)C)cc12. The highest BCUT2D eigenvalue weighted by atomic mass is 16.6. The lowest BCUT2D eigenvalue weighted by atomic mass is 10.1. The van der Waals surface area contributed by atoms with Crippen molar-refractivity contribution in [2.24, 2.45) is 0 Å². The maximum atomic E-state index is 10.5. The summed E-state index contributed by atoms with van der Waals surface area (Å²) in [5.74, 6) is 1.08. The standard InChI is InChI=1S/C20H25N3O3/c1-13-20(21-26-5)17-10-14(12-22(2)3)19(24)11-18(17)23(13)15-6-8-16(25-4)9-7-15/h6-11,21,24H,12H2,1-5H3. The van der Waals surface area contributed by atoms with Crippen LogP contribution in [0.1, 0.15) is 11.3 Å². The van der Waals surface area contributed by atoms with Crippen LogP contribution in [0.4, 0.5) is 5.69 Å². The number of aromatic nitrogens is 1. The summed E-state index contributed by atoms with van der Waals surface area (Å²) in [6, 6.07) is 11.7. The lowest BCUT2D eigenvalue weighted by Gasteiger charge is -2.13. The fourth-order valence-corrected chi connectivity index (χ4v) is 3.26. The fourth-order valence-electron chi connectivity index (χ4n) is 3.26. The third-order valence-corrected chi connectivity index (χ3v) is 4.43. The minimum absolute atomic E-state index is 0.280. The van der Waals surface area contributed by atoms with Crippen LogP contribution < -0.4 is 10.2 Å². The molecule has 0 aliphatic heterocycles. The second-order valence-electron chi connectivity index (χ2n) is 6.54. The van der Waals surface area contributed by atoms with E-state index in [9.17, 15) is 5.11 Å². The second kappa shape index (κ2) is 7.27. The number of fused-ring (bicyclic) bond motifs is 1. The van der Waals surface area contributed by atoms with Gasteiger partial charge in [-0.2, -0.15) is 0 Å². The molecule has 3 aromatic rings. The molecule has 0 atom stereocenters. The molecule has 0 fully saturated rings. The van der Waals surface area contributed by atoms with Gasteiger partial charge >= 0.3 is 0 Å². The summed E-state index contributed by atoms with van der Waals surface area (Å²) in [6.07, 6.45) is 0. The second-order valence-corrected chi connectivity index (χ2v) is 6.54. The van der Waals surface area contributed by atoms with Crippen LogP contribution in [-0.2, 0) is 11.4 Å². The third-order valence-electron chi connectivity index (χ3n) is 4.43. The van der Waals surface area contributed by atoms with E-state index in [2.05, 4.69) is 10.0 Å². The number of nitrogens with zero attached hydrogens (tertiary/aromatic N) is 2. The topological polar surface area (TPSA) is 58.9 Å². The summed E-state index contributed by atoms with van der Waals surface area (Å²) >= 11 is 0. The largest absolute Gasteiger partial charge is 0.508 e. The Kier molecular flexibility index (Phi) is 5.06. The Morgan fingerprint density at radius 1 is 1.12 bits per heavy atom. The molecule has 1 aromatic heterocycles. The van der Waals surface area contributed by atoms with Gasteiger partial charge in [-0.1, -0.05) is 0 Å². The summed E-state index contributed by atoms with van der Waals surface area (Å²) in [6.45, 7) is 2.68. The zero-order valence-corrected chi connectivity index (χ0v) is 15.8. The zero-order chi connectivity index (χ0) is 18.8. The molecule has 0 aliphatic carbocycles. The number of phenols is 1. The summed E-state index contributed by atoms with van der Waals surface area (Å²) < 4.78 is 7.34. The van der Waals surface area contributed by atoms with Gasteiger partial charge in [0.2, 0.25) is 0 Å². The first-order valence-corrected chi connectivity index (χ1v) is 8.41. The number of benzene rings is 2. The summed E-state index contributed by atoms with van der Waals surface area (Å²) in [5, 5.41) is 11.5. The molecule has 138 valence electrons. The van der Waals surface area contributed by atoms with Crippen molar-refractivity contribution in [1.29, 1.82) is 0 Å². The molecule has 0 aliphatic rings. The molecule has 2 aromatic carbocycles. The molecule has 0 radical (unpaired) electrons. The van der Waals surface area contributed by atoms with E-state index in [1.165, 1.54) is 0 Å². The lowest BCUT2D eigenvalue weighted by molar-refractivity contribution is 0.271. The van der Waals surface area contributed by atoms with Gasteiger partial charge in [0.05, 0.1) is 25.4 Å².